The van der Waals surface area contributed by atoms with E-state index in [1.807, 2.05) is 0 Å². The molecule has 86 valence electrons. The van der Waals surface area contributed by atoms with Gasteiger partial charge in [-0.15, -0.1) is 0 Å². The van der Waals surface area contributed by atoms with Crippen LogP contribution in [0.15, 0.2) is 30.3 Å². The molecule has 7 heteroatoms. The van der Waals surface area contributed by atoms with Crippen LogP contribution in [-0.4, -0.2) is 15.9 Å². The van der Waals surface area contributed by atoms with E-state index in [4.69, 9.17) is 23.2 Å². The van der Waals surface area contributed by atoms with Gasteiger partial charge in [0.15, 0.2) is 0 Å². The van der Waals surface area contributed by atoms with Crippen LogP contribution in [0, 0.1) is 0 Å². The van der Waals surface area contributed by atoms with Gasteiger partial charge >= 0.3 is 51.4 Å². The Morgan fingerprint density at radius 2 is 1.72 bits per heavy atom. The molecule has 1 aromatic carbocycles. The van der Waals surface area contributed by atoms with Crippen molar-refractivity contribution in [3.8, 4) is 11.3 Å². The summed E-state index contributed by atoms with van der Waals surface area (Å²) in [6.45, 7) is 0. The SMILES string of the molecule is O=C([O-])c1cc(-c2ccc(Cl)cc2)nc(Cl)n1.[K+]. The van der Waals surface area contributed by atoms with Crippen molar-refractivity contribution >= 4 is 29.2 Å². The van der Waals surface area contributed by atoms with Crippen LogP contribution in [0.3, 0.4) is 0 Å². The number of aromatic nitrogens is 2. The van der Waals surface area contributed by atoms with Crippen LogP contribution in [0.25, 0.3) is 11.3 Å². The van der Waals surface area contributed by atoms with Gasteiger partial charge in [-0.1, -0.05) is 23.7 Å². The van der Waals surface area contributed by atoms with Crippen LogP contribution in [0.2, 0.25) is 10.3 Å². The van der Waals surface area contributed by atoms with Crippen LogP contribution in [-0.2, 0) is 0 Å². The first-order valence-corrected chi connectivity index (χ1v) is 5.34. The maximum atomic E-state index is 10.7. The summed E-state index contributed by atoms with van der Waals surface area (Å²) in [7, 11) is 0. The fraction of sp³-hybridized carbons (Fsp3) is 0. The number of carboxylic acid groups (broad SMARTS) is 1. The van der Waals surface area contributed by atoms with E-state index in [0.717, 1.165) is 0 Å². The second kappa shape index (κ2) is 6.95. The van der Waals surface area contributed by atoms with E-state index >= 15 is 0 Å². The smallest absolute Gasteiger partial charge is 0.543 e. The summed E-state index contributed by atoms with van der Waals surface area (Å²) in [4.78, 5) is 18.2. The van der Waals surface area contributed by atoms with E-state index in [1.54, 1.807) is 24.3 Å². The molecule has 0 spiro atoms. The van der Waals surface area contributed by atoms with Gasteiger partial charge in [0.05, 0.1) is 17.4 Å². The maximum absolute atomic E-state index is 10.7. The van der Waals surface area contributed by atoms with Crippen LogP contribution in [0.1, 0.15) is 10.5 Å². The van der Waals surface area contributed by atoms with E-state index < -0.39 is 5.97 Å². The van der Waals surface area contributed by atoms with E-state index in [9.17, 15) is 9.90 Å². The monoisotopic (exact) mass is 306 g/mol. The molecule has 0 saturated carbocycles. The molecular formula is C11H5Cl2KN2O2. The second-order valence-corrected chi connectivity index (χ2v) is 3.98. The Bertz CT molecular complexity index is 576. The number of nitrogens with zero attached hydrogens (tertiary/aromatic N) is 2. The topological polar surface area (TPSA) is 65.9 Å². The molecule has 0 N–H and O–H groups in total. The molecule has 0 aliphatic carbocycles. The van der Waals surface area contributed by atoms with E-state index in [0.29, 0.717) is 16.3 Å². The Morgan fingerprint density at radius 1 is 1.11 bits per heavy atom. The minimum Gasteiger partial charge on any atom is -0.543 e. The maximum Gasteiger partial charge on any atom is 1.00 e. The number of aromatic carboxylic acids is 1. The molecule has 0 saturated heterocycles. The Balaban J connectivity index is 0.00000162. The first-order chi connectivity index (χ1) is 8.06. The number of rotatable bonds is 2. The summed E-state index contributed by atoms with van der Waals surface area (Å²) < 4.78 is 0. The number of benzene rings is 1. The fourth-order valence-corrected chi connectivity index (χ4v) is 1.60. The van der Waals surface area contributed by atoms with Gasteiger partial charge in [-0.25, -0.2) is 9.97 Å². The summed E-state index contributed by atoms with van der Waals surface area (Å²) >= 11 is 11.4. The van der Waals surface area contributed by atoms with Crippen molar-refractivity contribution in [2.24, 2.45) is 0 Å². The number of halogens is 2. The van der Waals surface area contributed by atoms with Gasteiger partial charge in [0, 0.05) is 10.6 Å². The average molecular weight is 307 g/mol. The summed E-state index contributed by atoms with van der Waals surface area (Å²) in [6, 6.07) is 8.06. The molecule has 0 radical (unpaired) electrons. The van der Waals surface area contributed by atoms with E-state index in [1.165, 1.54) is 6.07 Å². The zero-order chi connectivity index (χ0) is 12.4. The molecule has 0 amide bonds. The van der Waals surface area contributed by atoms with Gasteiger partial charge in [0.1, 0.15) is 0 Å². The van der Waals surface area contributed by atoms with Crippen molar-refractivity contribution in [1.82, 2.24) is 9.97 Å². The third-order valence-corrected chi connectivity index (χ3v) is 2.47. The minimum absolute atomic E-state index is 0. The summed E-state index contributed by atoms with van der Waals surface area (Å²) in [5.41, 5.74) is 0.844. The third-order valence-electron chi connectivity index (χ3n) is 2.05. The Kier molecular flexibility index (Phi) is 6.20. The van der Waals surface area contributed by atoms with Gasteiger partial charge in [-0.2, -0.15) is 0 Å². The number of carbonyl (C=O) groups is 1. The molecule has 0 aliphatic rings. The molecule has 0 atom stereocenters. The summed E-state index contributed by atoms with van der Waals surface area (Å²) in [6.07, 6.45) is 0. The standard InChI is InChI=1S/C11H6Cl2N2O2.K/c12-7-3-1-6(2-4-7)8-5-9(10(16)17)15-11(13)14-8;/h1-5H,(H,16,17);/q;+1/p-1. The van der Waals surface area contributed by atoms with Crippen molar-refractivity contribution in [2.45, 2.75) is 0 Å². The molecule has 2 aromatic rings. The fourth-order valence-electron chi connectivity index (χ4n) is 1.29. The molecule has 4 nitrogen and oxygen atoms in total. The average Bonchev–Trinajstić information content (AvgIpc) is 2.29. The quantitative estimate of drug-likeness (QED) is 0.517. The van der Waals surface area contributed by atoms with E-state index in [2.05, 4.69) is 9.97 Å². The van der Waals surface area contributed by atoms with Crippen LogP contribution in [0.4, 0.5) is 0 Å². The summed E-state index contributed by atoms with van der Waals surface area (Å²) in [5, 5.41) is 11.1. The molecule has 0 aliphatic heterocycles. The van der Waals surface area contributed by atoms with Crippen LogP contribution >= 0.6 is 23.2 Å². The van der Waals surface area contributed by atoms with Crippen molar-refractivity contribution in [2.75, 3.05) is 0 Å². The Morgan fingerprint density at radius 3 is 2.28 bits per heavy atom. The molecular weight excluding hydrogens is 302 g/mol. The predicted octanol–water partition coefficient (Wildman–Crippen LogP) is -1.18. The van der Waals surface area contributed by atoms with Gasteiger partial charge in [-0.05, 0) is 29.8 Å². The molecule has 0 fully saturated rings. The zero-order valence-electron chi connectivity index (χ0n) is 9.35. The Labute approximate surface area is 156 Å². The number of carbonyl (C=O) groups excluding carboxylic acids is 1. The second-order valence-electron chi connectivity index (χ2n) is 3.20. The van der Waals surface area contributed by atoms with Gasteiger partial charge in [0.2, 0.25) is 5.28 Å². The zero-order valence-corrected chi connectivity index (χ0v) is 14.0. The molecule has 0 unspecified atom stereocenters. The minimum atomic E-state index is -1.40. The number of carboxylic acids is 1. The third kappa shape index (κ3) is 3.99. The molecule has 1 aromatic heterocycles. The van der Waals surface area contributed by atoms with Crippen molar-refractivity contribution in [3.63, 3.8) is 0 Å². The van der Waals surface area contributed by atoms with Crippen molar-refractivity contribution in [1.29, 1.82) is 0 Å². The van der Waals surface area contributed by atoms with E-state index in [-0.39, 0.29) is 62.4 Å². The Hall–Kier alpha value is -0.0136. The normalized spacial score (nSPS) is 9.67. The summed E-state index contributed by atoms with van der Waals surface area (Å²) in [5.74, 6) is -1.40. The van der Waals surface area contributed by atoms with Crippen LogP contribution < -0.4 is 56.5 Å². The number of hydrogen-bond acceptors (Lipinski definition) is 4. The first kappa shape index (κ1) is 16.0. The molecule has 2 rings (SSSR count). The largest absolute Gasteiger partial charge is 1.00 e. The number of hydrogen-bond donors (Lipinski definition) is 0. The van der Waals surface area contributed by atoms with Gasteiger partial charge in [-0.3, -0.25) is 0 Å². The predicted molar refractivity (Wildman–Crippen MR) is 61.8 cm³/mol. The molecule has 0 bridgehead atoms. The van der Waals surface area contributed by atoms with Crippen molar-refractivity contribution in [3.05, 3.63) is 46.3 Å². The molecule has 18 heavy (non-hydrogen) atoms. The van der Waals surface area contributed by atoms with Gasteiger partial charge in [0.25, 0.3) is 0 Å². The van der Waals surface area contributed by atoms with Crippen molar-refractivity contribution < 1.29 is 61.3 Å². The first-order valence-electron chi connectivity index (χ1n) is 4.58. The molecule has 1 heterocycles. The van der Waals surface area contributed by atoms with Crippen LogP contribution in [0.5, 0.6) is 0 Å². The van der Waals surface area contributed by atoms with Gasteiger partial charge < -0.3 is 9.90 Å².